The number of aromatic nitrogens is 5. The Hall–Kier alpha value is -5.13. The lowest BCUT2D eigenvalue weighted by Gasteiger charge is -2.33. The molecule has 1 aliphatic heterocycles. The first kappa shape index (κ1) is 29.9. The van der Waals surface area contributed by atoms with Gasteiger partial charge in [0, 0.05) is 49.2 Å². The molecular weight excluding hydrogens is 580 g/mol. The van der Waals surface area contributed by atoms with Crippen molar-refractivity contribution >= 4 is 28.9 Å². The Morgan fingerprint density at radius 3 is 2.38 bits per heavy atom. The first-order valence-electron chi connectivity index (χ1n) is 14.7. The minimum atomic E-state index is -0.715. The first-order valence-corrected chi connectivity index (χ1v) is 14.7. The molecule has 0 aliphatic carbocycles. The number of carbonyl (C=O) groups is 2. The van der Waals surface area contributed by atoms with E-state index in [1.807, 2.05) is 37.7 Å². The Bertz CT molecular complexity index is 1880. The lowest BCUT2D eigenvalue weighted by atomic mass is 10.0. The van der Waals surface area contributed by atoms with Gasteiger partial charge in [-0.3, -0.25) is 14.0 Å². The first-order chi connectivity index (χ1) is 21.4. The highest BCUT2D eigenvalue weighted by Gasteiger charge is 2.28. The Balaban J connectivity index is 1.25. The van der Waals surface area contributed by atoms with Crippen LogP contribution in [0, 0.1) is 11.6 Å². The summed E-state index contributed by atoms with van der Waals surface area (Å²) < 4.78 is 38.5. The standard InChI is InChI=1S/C33H33F2N7O3/c1-20(43)39-24-12-21(30-27(34)6-5-7-28(30)35)13-26(15-24)41-19-37-29-14-22(16-36-31(29)41)23-17-38-42(18-23)25-8-10-40(11-9-25)32(44)45-33(2,3)4/h5-7,12-19,25H,8-11H2,1-4H3,(H,39,43). The normalized spacial score (nSPS) is 14.1. The maximum Gasteiger partial charge on any atom is 0.410 e. The van der Waals surface area contributed by atoms with E-state index in [0.717, 1.165) is 24.0 Å². The SMILES string of the molecule is CC(=O)Nc1cc(-c2c(F)cccc2F)cc(-n2cnc3cc(-c4cnn(C5CCN(C(=O)OC(C)(C)C)CC5)c4)cnc32)c1. The molecule has 45 heavy (non-hydrogen) atoms. The minimum Gasteiger partial charge on any atom is -0.444 e. The van der Waals surface area contributed by atoms with E-state index in [0.29, 0.717) is 35.6 Å². The molecule has 5 aromatic rings. The van der Waals surface area contributed by atoms with Crippen molar-refractivity contribution in [2.75, 3.05) is 18.4 Å². The summed E-state index contributed by atoms with van der Waals surface area (Å²) in [5.41, 5.74) is 3.26. The number of benzene rings is 2. The molecule has 0 bridgehead atoms. The summed E-state index contributed by atoms with van der Waals surface area (Å²) in [7, 11) is 0. The van der Waals surface area contributed by atoms with Gasteiger partial charge in [0.2, 0.25) is 5.91 Å². The van der Waals surface area contributed by atoms with E-state index in [-0.39, 0.29) is 29.2 Å². The van der Waals surface area contributed by atoms with Gasteiger partial charge in [0.05, 0.1) is 23.5 Å². The molecule has 0 radical (unpaired) electrons. The molecule has 1 fully saturated rings. The fraction of sp³-hybridized carbons (Fsp3) is 0.303. The van der Waals surface area contributed by atoms with Crippen LogP contribution in [0.2, 0.25) is 0 Å². The van der Waals surface area contributed by atoms with Crippen LogP contribution in [0.4, 0.5) is 19.3 Å². The molecule has 2 aromatic carbocycles. The lowest BCUT2D eigenvalue weighted by molar-refractivity contribution is -0.114. The van der Waals surface area contributed by atoms with Gasteiger partial charge in [-0.25, -0.2) is 23.5 Å². The molecule has 6 rings (SSSR count). The fourth-order valence-electron chi connectivity index (χ4n) is 5.52. The van der Waals surface area contributed by atoms with Crippen LogP contribution in [0.5, 0.6) is 0 Å². The smallest absolute Gasteiger partial charge is 0.410 e. The number of likely N-dealkylation sites (tertiary alicyclic amines) is 1. The van der Waals surface area contributed by atoms with Gasteiger partial charge >= 0.3 is 6.09 Å². The van der Waals surface area contributed by atoms with Crippen molar-refractivity contribution in [3.05, 3.63) is 79.0 Å². The zero-order chi connectivity index (χ0) is 31.9. The number of nitrogens with zero attached hydrogens (tertiary/aromatic N) is 6. The quantitative estimate of drug-likeness (QED) is 0.235. The molecule has 2 amide bonds. The molecule has 1 N–H and O–H groups in total. The van der Waals surface area contributed by atoms with Gasteiger partial charge in [0.1, 0.15) is 29.1 Å². The second-order valence-electron chi connectivity index (χ2n) is 12.1. The molecule has 0 unspecified atom stereocenters. The Labute approximate surface area is 258 Å². The Morgan fingerprint density at radius 1 is 0.956 bits per heavy atom. The molecule has 1 aliphatic rings. The van der Waals surface area contributed by atoms with Crippen molar-refractivity contribution in [2.24, 2.45) is 0 Å². The number of imidazole rings is 1. The number of hydrogen-bond acceptors (Lipinski definition) is 6. The van der Waals surface area contributed by atoms with Crippen molar-refractivity contribution in [3.8, 4) is 27.9 Å². The fourth-order valence-corrected chi connectivity index (χ4v) is 5.52. The van der Waals surface area contributed by atoms with Crippen LogP contribution >= 0.6 is 0 Å². The summed E-state index contributed by atoms with van der Waals surface area (Å²) in [6.45, 7) is 8.12. The topological polar surface area (TPSA) is 107 Å². The minimum absolute atomic E-state index is 0.151. The summed E-state index contributed by atoms with van der Waals surface area (Å²) in [6.07, 6.45) is 8.29. The van der Waals surface area contributed by atoms with Crippen molar-refractivity contribution < 1.29 is 23.1 Å². The summed E-state index contributed by atoms with van der Waals surface area (Å²) in [5.74, 6) is -1.75. The molecule has 0 atom stereocenters. The molecule has 1 saturated heterocycles. The highest BCUT2D eigenvalue weighted by atomic mass is 19.1. The van der Waals surface area contributed by atoms with E-state index in [4.69, 9.17) is 4.74 Å². The molecule has 10 nitrogen and oxygen atoms in total. The second kappa shape index (κ2) is 11.8. The predicted molar refractivity (Wildman–Crippen MR) is 166 cm³/mol. The largest absolute Gasteiger partial charge is 0.444 e. The number of nitrogens with one attached hydrogen (secondary N) is 1. The van der Waals surface area contributed by atoms with Crippen LogP contribution < -0.4 is 5.32 Å². The zero-order valence-corrected chi connectivity index (χ0v) is 25.4. The third-order valence-electron chi connectivity index (χ3n) is 7.58. The van der Waals surface area contributed by atoms with Crippen LogP contribution in [-0.4, -0.2) is 59.9 Å². The van der Waals surface area contributed by atoms with E-state index in [1.54, 1.807) is 40.3 Å². The number of hydrogen-bond donors (Lipinski definition) is 1. The number of halogens is 2. The van der Waals surface area contributed by atoms with Crippen molar-refractivity contribution in [1.82, 2.24) is 29.2 Å². The number of rotatable bonds is 5. The van der Waals surface area contributed by atoms with E-state index in [9.17, 15) is 18.4 Å². The molecule has 4 heterocycles. The number of anilines is 1. The van der Waals surface area contributed by atoms with Gasteiger partial charge in [-0.2, -0.15) is 5.10 Å². The zero-order valence-electron chi connectivity index (χ0n) is 25.4. The third-order valence-corrected chi connectivity index (χ3v) is 7.58. The van der Waals surface area contributed by atoms with E-state index in [2.05, 4.69) is 20.4 Å². The van der Waals surface area contributed by atoms with Crippen LogP contribution in [0.25, 0.3) is 39.1 Å². The average Bonchev–Trinajstić information content (AvgIpc) is 3.63. The van der Waals surface area contributed by atoms with E-state index >= 15 is 0 Å². The van der Waals surface area contributed by atoms with Crippen LogP contribution in [0.15, 0.2) is 67.4 Å². The monoisotopic (exact) mass is 613 g/mol. The van der Waals surface area contributed by atoms with Gasteiger partial charge in [-0.05, 0) is 75.6 Å². The van der Waals surface area contributed by atoms with Gasteiger partial charge in [-0.15, -0.1) is 0 Å². The van der Waals surface area contributed by atoms with Crippen LogP contribution in [-0.2, 0) is 9.53 Å². The van der Waals surface area contributed by atoms with E-state index < -0.39 is 17.2 Å². The molecule has 0 saturated carbocycles. The number of fused-ring (bicyclic) bond motifs is 1. The summed E-state index contributed by atoms with van der Waals surface area (Å²) in [4.78, 5) is 35.2. The lowest BCUT2D eigenvalue weighted by Crippen LogP contribution is -2.42. The Morgan fingerprint density at radius 2 is 1.69 bits per heavy atom. The molecule has 232 valence electrons. The van der Waals surface area contributed by atoms with Gasteiger partial charge in [0.25, 0.3) is 0 Å². The second-order valence-corrected chi connectivity index (χ2v) is 12.1. The van der Waals surface area contributed by atoms with Crippen LogP contribution in [0.1, 0.15) is 46.6 Å². The summed E-state index contributed by atoms with van der Waals surface area (Å²) in [5, 5.41) is 7.31. The molecule has 0 spiro atoms. The predicted octanol–water partition coefficient (Wildman–Crippen LogP) is 6.76. The Kier molecular flexibility index (Phi) is 7.81. The number of amides is 2. The summed E-state index contributed by atoms with van der Waals surface area (Å²) in [6, 6.07) is 10.6. The van der Waals surface area contributed by atoms with Gasteiger partial charge in [-0.1, -0.05) is 6.07 Å². The van der Waals surface area contributed by atoms with Gasteiger partial charge < -0.3 is 15.0 Å². The maximum absolute atomic E-state index is 14.7. The van der Waals surface area contributed by atoms with E-state index in [1.165, 1.54) is 31.2 Å². The van der Waals surface area contributed by atoms with Crippen LogP contribution in [0.3, 0.4) is 0 Å². The number of piperidine rings is 1. The molecule has 3 aromatic heterocycles. The van der Waals surface area contributed by atoms with Crippen molar-refractivity contribution in [2.45, 2.75) is 52.2 Å². The highest BCUT2D eigenvalue weighted by Crippen LogP contribution is 2.33. The summed E-state index contributed by atoms with van der Waals surface area (Å²) >= 11 is 0. The number of ether oxygens (including phenoxy) is 1. The van der Waals surface area contributed by atoms with Gasteiger partial charge in [0.15, 0.2) is 5.65 Å². The third kappa shape index (κ3) is 6.40. The van der Waals surface area contributed by atoms with Crippen molar-refractivity contribution in [3.63, 3.8) is 0 Å². The number of carbonyl (C=O) groups excluding carboxylic acids is 2. The number of pyridine rings is 1. The average molecular weight is 614 g/mol. The van der Waals surface area contributed by atoms with Crippen molar-refractivity contribution in [1.29, 1.82) is 0 Å². The molecule has 12 heteroatoms. The maximum atomic E-state index is 14.7. The molecular formula is C33H33F2N7O3. The highest BCUT2D eigenvalue weighted by molar-refractivity contribution is 5.90.